The molecular weight excluding hydrogens is 254 g/mol. The maximum absolute atomic E-state index is 10.6. The van der Waals surface area contributed by atoms with Crippen LogP contribution in [0.4, 0.5) is 0 Å². The predicted molar refractivity (Wildman–Crippen MR) is 57.5 cm³/mol. The van der Waals surface area contributed by atoms with Gasteiger partial charge in [-0.15, -0.1) is 0 Å². The van der Waals surface area contributed by atoms with Crippen LogP contribution < -0.4 is 0 Å². The Labute approximate surface area is 117 Å². The third-order valence-electron chi connectivity index (χ3n) is 1.52. The summed E-state index contributed by atoms with van der Waals surface area (Å²) in [5.74, 6) is -2.72. The van der Waals surface area contributed by atoms with Crippen molar-refractivity contribution >= 4 is 64.7 Å². The van der Waals surface area contributed by atoms with E-state index in [4.69, 9.17) is 33.4 Å². The minimum atomic E-state index is -1.36. The Bertz CT molecular complexity index is 380. The molecule has 0 atom stereocenters. The number of carboxylic acid groups (broad SMARTS) is 2. The van der Waals surface area contributed by atoms with Crippen molar-refractivity contribution in [2.75, 3.05) is 0 Å². The second-order valence-corrected chi connectivity index (χ2v) is 3.24. The van der Waals surface area contributed by atoms with E-state index < -0.39 is 11.9 Å². The molecule has 0 unspecified atom stereocenters. The summed E-state index contributed by atoms with van der Waals surface area (Å²) in [7, 11) is 0. The Morgan fingerprint density at radius 1 is 0.933 bits per heavy atom. The van der Waals surface area contributed by atoms with E-state index >= 15 is 0 Å². The molecule has 0 bridgehead atoms. The van der Waals surface area contributed by atoms with Crippen molar-refractivity contribution in [1.82, 2.24) is 0 Å². The molecular formula is C8H5Cl2NaO4. The number of benzene rings is 1. The van der Waals surface area contributed by atoms with Crippen molar-refractivity contribution < 1.29 is 19.8 Å². The van der Waals surface area contributed by atoms with Gasteiger partial charge in [0, 0.05) is 0 Å². The summed E-state index contributed by atoms with van der Waals surface area (Å²) in [6, 6.07) is 2.02. The fraction of sp³-hybridized carbons (Fsp3) is 0. The first kappa shape index (κ1) is 14.7. The molecule has 0 aliphatic heterocycles. The van der Waals surface area contributed by atoms with Gasteiger partial charge in [0.05, 0.1) is 21.2 Å². The van der Waals surface area contributed by atoms with Gasteiger partial charge in [-0.05, 0) is 12.1 Å². The van der Waals surface area contributed by atoms with Crippen molar-refractivity contribution in [3.63, 3.8) is 0 Å². The van der Waals surface area contributed by atoms with E-state index in [1.54, 1.807) is 0 Å². The topological polar surface area (TPSA) is 74.6 Å². The number of halogens is 2. The molecule has 2 N–H and O–H groups in total. The summed E-state index contributed by atoms with van der Waals surface area (Å²) < 4.78 is 0. The van der Waals surface area contributed by atoms with Gasteiger partial charge in [-0.3, -0.25) is 0 Å². The predicted octanol–water partition coefficient (Wildman–Crippen LogP) is 1.74. The zero-order valence-electron chi connectivity index (χ0n) is 6.62. The molecule has 0 saturated heterocycles. The molecule has 7 heteroatoms. The molecule has 0 radical (unpaired) electrons. The number of rotatable bonds is 2. The van der Waals surface area contributed by atoms with Gasteiger partial charge in [0.2, 0.25) is 0 Å². The van der Waals surface area contributed by atoms with Gasteiger partial charge in [-0.25, -0.2) is 9.59 Å². The van der Waals surface area contributed by atoms with Crippen LogP contribution in [-0.2, 0) is 0 Å². The molecule has 0 fully saturated rings. The van der Waals surface area contributed by atoms with E-state index in [2.05, 4.69) is 0 Å². The van der Waals surface area contributed by atoms with Crippen molar-refractivity contribution in [1.29, 1.82) is 0 Å². The van der Waals surface area contributed by atoms with Crippen LogP contribution in [0.15, 0.2) is 12.1 Å². The van der Waals surface area contributed by atoms with Crippen molar-refractivity contribution in [2.24, 2.45) is 0 Å². The standard InChI is InChI=1S/C8H4Cl2O4.Na.H/c9-5-1-3(7(11)12)4(8(13)14)2-6(5)10;;/h1-2H,(H,11,12)(H,13,14);;. The van der Waals surface area contributed by atoms with Crippen LogP contribution in [0.1, 0.15) is 20.7 Å². The van der Waals surface area contributed by atoms with Crippen molar-refractivity contribution in [2.45, 2.75) is 0 Å². The summed E-state index contributed by atoms with van der Waals surface area (Å²) >= 11 is 11.1. The van der Waals surface area contributed by atoms with Crippen LogP contribution in [0.3, 0.4) is 0 Å². The summed E-state index contributed by atoms with van der Waals surface area (Å²) in [5.41, 5.74) is -0.765. The van der Waals surface area contributed by atoms with Crippen LogP contribution in [0, 0.1) is 0 Å². The zero-order chi connectivity index (χ0) is 10.9. The van der Waals surface area contributed by atoms with E-state index in [1.165, 1.54) is 0 Å². The van der Waals surface area contributed by atoms with E-state index in [0.29, 0.717) is 0 Å². The van der Waals surface area contributed by atoms with Crippen LogP contribution >= 0.6 is 23.2 Å². The van der Waals surface area contributed by atoms with Gasteiger partial charge in [0.1, 0.15) is 0 Å². The molecule has 0 amide bonds. The average molecular weight is 259 g/mol. The molecule has 0 aliphatic carbocycles. The van der Waals surface area contributed by atoms with Crippen molar-refractivity contribution in [3.8, 4) is 0 Å². The van der Waals surface area contributed by atoms with Crippen LogP contribution in [-0.4, -0.2) is 51.7 Å². The van der Waals surface area contributed by atoms with E-state index in [9.17, 15) is 9.59 Å². The monoisotopic (exact) mass is 258 g/mol. The molecule has 0 spiro atoms. The third kappa shape index (κ3) is 3.36. The SMILES string of the molecule is O=C(O)c1cc(Cl)c(Cl)cc1C(=O)O.[NaH]. The summed E-state index contributed by atoms with van der Waals surface area (Å²) in [6.07, 6.45) is 0. The summed E-state index contributed by atoms with van der Waals surface area (Å²) in [5, 5.41) is 17.3. The second kappa shape index (κ2) is 5.72. The van der Waals surface area contributed by atoms with Gasteiger partial charge in [-0.2, -0.15) is 0 Å². The second-order valence-electron chi connectivity index (χ2n) is 2.42. The molecule has 0 saturated carbocycles. The molecule has 0 aromatic heterocycles. The molecule has 1 rings (SSSR count). The summed E-state index contributed by atoms with van der Waals surface area (Å²) in [6.45, 7) is 0. The molecule has 4 nitrogen and oxygen atoms in total. The van der Waals surface area contributed by atoms with Gasteiger partial charge in [0.15, 0.2) is 0 Å². The van der Waals surface area contributed by atoms with Gasteiger partial charge in [-0.1, -0.05) is 23.2 Å². The van der Waals surface area contributed by atoms with Crippen LogP contribution in [0.25, 0.3) is 0 Å². The maximum atomic E-state index is 10.6. The Kier molecular flexibility index (Phi) is 5.62. The number of aromatic carboxylic acids is 2. The van der Waals surface area contributed by atoms with Crippen LogP contribution in [0.5, 0.6) is 0 Å². The summed E-state index contributed by atoms with van der Waals surface area (Å²) in [4.78, 5) is 21.2. The van der Waals surface area contributed by atoms with Crippen LogP contribution in [0.2, 0.25) is 10.0 Å². The normalized spacial score (nSPS) is 9.20. The van der Waals surface area contributed by atoms with Gasteiger partial charge < -0.3 is 10.2 Å². The number of carboxylic acids is 2. The average Bonchev–Trinajstić information content (AvgIpc) is 2.08. The van der Waals surface area contributed by atoms with Gasteiger partial charge in [0.25, 0.3) is 0 Å². The first-order chi connectivity index (χ1) is 6.43. The Morgan fingerprint density at radius 2 is 1.20 bits per heavy atom. The number of carbonyl (C=O) groups is 2. The molecule has 1 aromatic carbocycles. The molecule has 76 valence electrons. The fourth-order valence-electron chi connectivity index (χ4n) is 0.901. The number of hydrogen-bond donors (Lipinski definition) is 2. The Morgan fingerprint density at radius 3 is 1.40 bits per heavy atom. The molecule has 1 aromatic rings. The molecule has 15 heavy (non-hydrogen) atoms. The quantitative estimate of drug-likeness (QED) is 0.793. The first-order valence-corrected chi connectivity index (χ1v) is 4.14. The van der Waals surface area contributed by atoms with Gasteiger partial charge >= 0.3 is 41.5 Å². The molecule has 0 heterocycles. The van der Waals surface area contributed by atoms with E-state index in [1.807, 2.05) is 0 Å². The molecule has 0 aliphatic rings. The fourth-order valence-corrected chi connectivity index (χ4v) is 1.23. The Balaban J connectivity index is 0.00000196. The third-order valence-corrected chi connectivity index (χ3v) is 2.24. The van der Waals surface area contributed by atoms with E-state index in [0.717, 1.165) is 12.1 Å². The first-order valence-electron chi connectivity index (χ1n) is 3.39. The minimum absolute atomic E-state index is 0. The van der Waals surface area contributed by atoms with E-state index in [-0.39, 0.29) is 50.7 Å². The zero-order valence-corrected chi connectivity index (χ0v) is 8.13. The van der Waals surface area contributed by atoms with Crippen molar-refractivity contribution in [3.05, 3.63) is 33.3 Å². The number of hydrogen-bond acceptors (Lipinski definition) is 2. The Hall–Kier alpha value is -0.260.